The second-order valence-electron chi connectivity index (χ2n) is 7.60. The SMILES string of the molecule is CCCCC1CCN(CCCN2C(=O)CCc3cc(F)ccc32)CC1. The number of carbonyl (C=O) groups excluding carboxylic acids is 1. The minimum Gasteiger partial charge on any atom is -0.312 e. The van der Waals surface area contributed by atoms with Gasteiger partial charge in [-0.25, -0.2) is 4.39 Å². The molecule has 3 nitrogen and oxygen atoms in total. The minimum atomic E-state index is -0.209. The summed E-state index contributed by atoms with van der Waals surface area (Å²) in [7, 11) is 0. The first kappa shape index (κ1) is 18.4. The maximum Gasteiger partial charge on any atom is 0.227 e. The van der Waals surface area contributed by atoms with Crippen molar-refractivity contribution in [2.45, 2.75) is 58.3 Å². The maximum absolute atomic E-state index is 13.4. The van der Waals surface area contributed by atoms with Crippen LogP contribution in [-0.2, 0) is 11.2 Å². The van der Waals surface area contributed by atoms with Gasteiger partial charge in [0, 0.05) is 18.7 Å². The summed E-state index contributed by atoms with van der Waals surface area (Å²) in [4.78, 5) is 16.7. The number of unbranched alkanes of at least 4 members (excludes halogenated alkanes) is 1. The second kappa shape index (κ2) is 8.79. The van der Waals surface area contributed by atoms with Crippen molar-refractivity contribution in [3.05, 3.63) is 29.6 Å². The number of amides is 1. The van der Waals surface area contributed by atoms with Crippen LogP contribution >= 0.6 is 0 Å². The van der Waals surface area contributed by atoms with Crippen LogP contribution in [0.2, 0.25) is 0 Å². The van der Waals surface area contributed by atoms with Gasteiger partial charge in [0.05, 0.1) is 0 Å². The maximum atomic E-state index is 13.4. The zero-order chi connectivity index (χ0) is 17.6. The van der Waals surface area contributed by atoms with Gasteiger partial charge >= 0.3 is 0 Å². The molecule has 0 spiro atoms. The van der Waals surface area contributed by atoms with Crippen LogP contribution in [0.1, 0.15) is 57.4 Å². The van der Waals surface area contributed by atoms with Gasteiger partial charge in [-0.1, -0.05) is 26.2 Å². The van der Waals surface area contributed by atoms with E-state index >= 15 is 0 Å². The number of anilines is 1. The molecule has 1 aromatic carbocycles. The molecule has 2 aliphatic rings. The normalized spacial score (nSPS) is 19.3. The fraction of sp³-hybridized carbons (Fsp3) is 0.667. The lowest BCUT2D eigenvalue weighted by atomic mass is 9.91. The molecule has 1 saturated heterocycles. The third-order valence-electron chi connectivity index (χ3n) is 5.77. The highest BCUT2D eigenvalue weighted by Gasteiger charge is 2.24. The van der Waals surface area contributed by atoms with E-state index in [9.17, 15) is 9.18 Å². The van der Waals surface area contributed by atoms with E-state index in [4.69, 9.17) is 0 Å². The smallest absolute Gasteiger partial charge is 0.227 e. The molecule has 0 atom stereocenters. The molecular weight excluding hydrogens is 315 g/mol. The van der Waals surface area contributed by atoms with E-state index in [1.165, 1.54) is 51.3 Å². The van der Waals surface area contributed by atoms with Crippen LogP contribution in [-0.4, -0.2) is 37.0 Å². The Balaban J connectivity index is 1.46. The molecule has 0 N–H and O–H groups in total. The lowest BCUT2D eigenvalue weighted by Crippen LogP contribution is -2.39. The zero-order valence-corrected chi connectivity index (χ0v) is 15.5. The molecule has 0 saturated carbocycles. The van der Waals surface area contributed by atoms with Gasteiger partial charge in [0.1, 0.15) is 5.82 Å². The second-order valence-corrected chi connectivity index (χ2v) is 7.60. The van der Waals surface area contributed by atoms with Gasteiger partial charge in [0.2, 0.25) is 5.91 Å². The first-order valence-corrected chi connectivity index (χ1v) is 9.98. The molecule has 0 aromatic heterocycles. The lowest BCUT2D eigenvalue weighted by Gasteiger charge is -2.33. The highest BCUT2D eigenvalue weighted by Crippen LogP contribution is 2.29. The number of rotatable bonds is 7. The van der Waals surface area contributed by atoms with Gasteiger partial charge < -0.3 is 9.80 Å². The predicted molar refractivity (Wildman–Crippen MR) is 100 cm³/mol. The quantitative estimate of drug-likeness (QED) is 0.731. The molecule has 2 aliphatic heterocycles. The Bertz CT molecular complexity index is 581. The Morgan fingerprint density at radius 1 is 1.12 bits per heavy atom. The Kier molecular flexibility index (Phi) is 6.46. The summed E-state index contributed by atoms with van der Waals surface area (Å²) in [5.41, 5.74) is 1.88. The molecule has 0 radical (unpaired) electrons. The number of halogens is 1. The van der Waals surface area contributed by atoms with Crippen molar-refractivity contribution in [2.24, 2.45) is 5.92 Å². The fourth-order valence-corrected chi connectivity index (χ4v) is 4.22. The molecule has 3 rings (SSSR count). The van der Waals surface area contributed by atoms with E-state index in [2.05, 4.69) is 11.8 Å². The molecule has 2 heterocycles. The van der Waals surface area contributed by atoms with Crippen molar-refractivity contribution in [3.8, 4) is 0 Å². The van der Waals surface area contributed by atoms with E-state index in [1.54, 1.807) is 12.1 Å². The first-order chi connectivity index (χ1) is 12.2. The first-order valence-electron chi connectivity index (χ1n) is 9.98. The largest absolute Gasteiger partial charge is 0.312 e. The summed E-state index contributed by atoms with van der Waals surface area (Å²) in [6, 6.07) is 4.81. The van der Waals surface area contributed by atoms with Crippen molar-refractivity contribution in [3.63, 3.8) is 0 Å². The van der Waals surface area contributed by atoms with Crippen LogP contribution in [0.5, 0.6) is 0 Å². The van der Waals surface area contributed by atoms with Crippen molar-refractivity contribution in [2.75, 3.05) is 31.1 Å². The number of nitrogens with zero attached hydrogens (tertiary/aromatic N) is 2. The van der Waals surface area contributed by atoms with Gasteiger partial charge in [-0.05, 0) is 75.0 Å². The summed E-state index contributed by atoms with van der Waals surface area (Å²) in [5.74, 6) is 0.887. The van der Waals surface area contributed by atoms with Crippen LogP contribution in [0.3, 0.4) is 0 Å². The summed E-state index contributed by atoms with van der Waals surface area (Å²) in [6.45, 7) is 6.46. The van der Waals surface area contributed by atoms with Crippen LogP contribution in [0, 0.1) is 11.7 Å². The van der Waals surface area contributed by atoms with Gasteiger partial charge in [0.25, 0.3) is 0 Å². The van der Waals surface area contributed by atoms with Crippen molar-refractivity contribution < 1.29 is 9.18 Å². The molecule has 1 fully saturated rings. The Hall–Kier alpha value is -1.42. The molecule has 1 aromatic rings. The number of hydrogen-bond donors (Lipinski definition) is 0. The minimum absolute atomic E-state index is 0.178. The summed E-state index contributed by atoms with van der Waals surface area (Å²) >= 11 is 0. The van der Waals surface area contributed by atoms with Crippen molar-refractivity contribution in [1.29, 1.82) is 0 Å². The highest BCUT2D eigenvalue weighted by molar-refractivity contribution is 5.96. The molecule has 1 amide bonds. The number of piperidine rings is 1. The lowest BCUT2D eigenvalue weighted by molar-refractivity contribution is -0.118. The average molecular weight is 346 g/mol. The van der Waals surface area contributed by atoms with Crippen LogP contribution in [0.25, 0.3) is 0 Å². The fourth-order valence-electron chi connectivity index (χ4n) is 4.22. The summed E-state index contributed by atoms with van der Waals surface area (Å²) in [5, 5.41) is 0. The molecule has 0 aliphatic carbocycles. The van der Waals surface area contributed by atoms with Gasteiger partial charge in [-0.15, -0.1) is 0 Å². The van der Waals surface area contributed by atoms with E-state index in [-0.39, 0.29) is 11.7 Å². The topological polar surface area (TPSA) is 23.6 Å². The van der Waals surface area contributed by atoms with Gasteiger partial charge in [-0.3, -0.25) is 4.79 Å². The van der Waals surface area contributed by atoms with E-state index in [0.717, 1.165) is 36.7 Å². The van der Waals surface area contributed by atoms with Gasteiger partial charge in [0.15, 0.2) is 0 Å². The zero-order valence-electron chi connectivity index (χ0n) is 15.5. The van der Waals surface area contributed by atoms with Crippen molar-refractivity contribution in [1.82, 2.24) is 4.90 Å². The van der Waals surface area contributed by atoms with Gasteiger partial charge in [-0.2, -0.15) is 0 Å². The monoisotopic (exact) mass is 346 g/mol. The molecule has 0 unspecified atom stereocenters. The Labute approximate surface area is 151 Å². The number of aryl methyl sites for hydroxylation is 1. The Morgan fingerprint density at radius 3 is 2.68 bits per heavy atom. The third kappa shape index (κ3) is 4.81. The molecule has 138 valence electrons. The average Bonchev–Trinajstić information content (AvgIpc) is 2.63. The number of benzene rings is 1. The number of likely N-dealkylation sites (tertiary alicyclic amines) is 1. The van der Waals surface area contributed by atoms with Crippen LogP contribution < -0.4 is 4.90 Å². The van der Waals surface area contributed by atoms with E-state index in [1.807, 2.05) is 4.90 Å². The number of hydrogen-bond acceptors (Lipinski definition) is 2. The summed E-state index contributed by atoms with van der Waals surface area (Å²) in [6.07, 6.45) is 8.85. The Morgan fingerprint density at radius 2 is 1.92 bits per heavy atom. The van der Waals surface area contributed by atoms with E-state index < -0.39 is 0 Å². The highest BCUT2D eigenvalue weighted by atomic mass is 19.1. The number of fused-ring (bicyclic) bond motifs is 1. The molecule has 4 heteroatoms. The molecule has 25 heavy (non-hydrogen) atoms. The van der Waals surface area contributed by atoms with E-state index in [0.29, 0.717) is 12.8 Å². The van der Waals surface area contributed by atoms with Crippen LogP contribution in [0.15, 0.2) is 18.2 Å². The predicted octanol–water partition coefficient (Wildman–Crippen LogP) is 4.40. The molecular formula is C21H31FN2O. The standard InChI is InChI=1S/C21H31FN2O/c1-2-3-5-17-10-14-23(15-11-17)12-4-13-24-20-8-7-19(22)16-18(20)6-9-21(24)25/h7-8,16-17H,2-6,9-15H2,1H3. The van der Waals surface area contributed by atoms with Crippen molar-refractivity contribution >= 4 is 11.6 Å². The van der Waals surface area contributed by atoms with Crippen LogP contribution in [0.4, 0.5) is 10.1 Å². The summed E-state index contributed by atoms with van der Waals surface area (Å²) < 4.78 is 13.4. The molecule has 0 bridgehead atoms. The number of carbonyl (C=O) groups is 1. The third-order valence-corrected chi connectivity index (χ3v) is 5.77.